The number of urea groups is 1. The zero-order valence-electron chi connectivity index (χ0n) is 22.5. The van der Waals surface area contributed by atoms with E-state index in [-0.39, 0.29) is 35.9 Å². The third-order valence-corrected chi connectivity index (χ3v) is 6.36. The molecule has 0 saturated heterocycles. The van der Waals surface area contributed by atoms with Crippen LogP contribution < -0.4 is 25.7 Å². The molecule has 4 rings (SSSR count). The average molecular weight is 606 g/mol. The van der Waals surface area contributed by atoms with Crippen LogP contribution in [0.1, 0.15) is 5.56 Å². The molecular weight excluding hydrogens is 579 g/mol. The molecule has 0 spiro atoms. The van der Waals surface area contributed by atoms with Crippen LogP contribution in [0.15, 0.2) is 65.7 Å². The van der Waals surface area contributed by atoms with Crippen LogP contribution in [0.2, 0.25) is 5.02 Å². The summed E-state index contributed by atoms with van der Waals surface area (Å²) in [4.78, 5) is 31.2. The van der Waals surface area contributed by atoms with Gasteiger partial charge >= 0.3 is 12.2 Å². The van der Waals surface area contributed by atoms with Gasteiger partial charge in [0.25, 0.3) is 5.56 Å². The molecule has 1 heterocycles. The summed E-state index contributed by atoms with van der Waals surface area (Å²) in [5.41, 5.74) is -0.836. The van der Waals surface area contributed by atoms with Gasteiger partial charge < -0.3 is 34.7 Å². The summed E-state index contributed by atoms with van der Waals surface area (Å²) in [6.45, 7) is 0.732. The van der Waals surface area contributed by atoms with E-state index < -0.39 is 22.8 Å². The minimum absolute atomic E-state index is 0.0603. The Labute approximate surface area is 243 Å². The lowest BCUT2D eigenvalue weighted by atomic mass is 10.1. The van der Waals surface area contributed by atoms with Crippen molar-refractivity contribution in [1.29, 1.82) is 0 Å². The number of aliphatic hydroxyl groups excluding tert-OH is 1. The minimum atomic E-state index is -4.77. The van der Waals surface area contributed by atoms with Gasteiger partial charge in [0.05, 0.1) is 40.1 Å². The van der Waals surface area contributed by atoms with Gasteiger partial charge in [0.1, 0.15) is 23.9 Å². The summed E-state index contributed by atoms with van der Waals surface area (Å²) >= 11 is 5.87. The number of ether oxygens (including phenoxy) is 2. The van der Waals surface area contributed by atoms with Crippen molar-refractivity contribution in [2.75, 3.05) is 44.0 Å². The number of aromatic nitrogens is 2. The maximum Gasteiger partial charge on any atom is 0.417 e. The number of fused-ring (bicyclic) bond motifs is 1. The number of halogens is 4. The van der Waals surface area contributed by atoms with Crippen molar-refractivity contribution in [2.45, 2.75) is 6.18 Å². The Morgan fingerprint density at radius 2 is 1.86 bits per heavy atom. The largest absolute Gasteiger partial charge is 0.490 e. The number of rotatable bonds is 10. The number of carbonyl (C=O) groups is 1. The van der Waals surface area contributed by atoms with Crippen molar-refractivity contribution in [2.24, 2.45) is 7.05 Å². The normalized spacial score (nSPS) is 11.5. The van der Waals surface area contributed by atoms with E-state index in [9.17, 15) is 22.8 Å². The summed E-state index contributed by atoms with van der Waals surface area (Å²) in [7, 11) is 3.32. The van der Waals surface area contributed by atoms with Gasteiger partial charge in [-0.15, -0.1) is 0 Å². The molecule has 3 N–H and O–H groups in total. The first kappa shape index (κ1) is 30.6. The fraction of sp³-hybridized carbons (Fsp3) is 0.250. The molecule has 4 aromatic rings. The van der Waals surface area contributed by atoms with Crippen molar-refractivity contribution in [3.05, 3.63) is 81.9 Å². The summed E-state index contributed by atoms with van der Waals surface area (Å²) in [6.07, 6.45) is -3.34. The number of hydrogen-bond donors (Lipinski definition) is 3. The molecule has 3 aromatic carbocycles. The smallest absolute Gasteiger partial charge is 0.417 e. The van der Waals surface area contributed by atoms with Gasteiger partial charge in [-0.1, -0.05) is 17.7 Å². The molecule has 0 bridgehead atoms. The van der Waals surface area contributed by atoms with Crippen LogP contribution in [0.25, 0.3) is 10.9 Å². The van der Waals surface area contributed by atoms with E-state index in [1.54, 1.807) is 55.4 Å². The monoisotopic (exact) mass is 605 g/mol. The van der Waals surface area contributed by atoms with Gasteiger partial charge in [0.15, 0.2) is 0 Å². The number of carbonyl (C=O) groups excluding carboxylic acids is 1. The second-order valence-corrected chi connectivity index (χ2v) is 9.66. The number of aliphatic hydroxyl groups is 1. The molecule has 222 valence electrons. The average Bonchev–Trinajstić information content (AvgIpc) is 2.92. The maximum atomic E-state index is 13.5. The van der Waals surface area contributed by atoms with E-state index in [2.05, 4.69) is 15.6 Å². The summed E-state index contributed by atoms with van der Waals surface area (Å²) in [5, 5.41) is 13.8. The zero-order chi connectivity index (χ0) is 30.4. The van der Waals surface area contributed by atoms with Crippen LogP contribution in [-0.4, -0.2) is 58.9 Å². The summed E-state index contributed by atoms with van der Waals surface area (Å²) in [6, 6.07) is 12.0. The first-order valence-corrected chi connectivity index (χ1v) is 13.0. The fourth-order valence-electron chi connectivity index (χ4n) is 3.90. The highest BCUT2D eigenvalue weighted by Gasteiger charge is 2.34. The summed E-state index contributed by atoms with van der Waals surface area (Å²) < 4.78 is 53.4. The van der Waals surface area contributed by atoms with Gasteiger partial charge in [0, 0.05) is 38.0 Å². The van der Waals surface area contributed by atoms with Crippen LogP contribution >= 0.6 is 11.6 Å². The predicted octanol–water partition coefficient (Wildman–Crippen LogP) is 5.34. The molecule has 14 heteroatoms. The number of aryl methyl sites for hydroxylation is 1. The Bertz CT molecular complexity index is 1650. The third-order valence-electron chi connectivity index (χ3n) is 6.05. The van der Waals surface area contributed by atoms with Crippen LogP contribution in [0.5, 0.6) is 17.2 Å². The molecule has 0 aliphatic heterocycles. The molecule has 0 unspecified atom stereocenters. The molecular formula is C28H27ClF3N5O5. The number of benzene rings is 3. The van der Waals surface area contributed by atoms with Gasteiger partial charge in [-0.25, -0.2) is 9.78 Å². The van der Waals surface area contributed by atoms with Crippen molar-refractivity contribution in [3.63, 3.8) is 0 Å². The van der Waals surface area contributed by atoms with Crippen LogP contribution in [0, 0.1) is 0 Å². The molecule has 0 aliphatic rings. The highest BCUT2D eigenvalue weighted by molar-refractivity contribution is 6.31. The van der Waals surface area contributed by atoms with E-state index in [0.717, 1.165) is 6.07 Å². The Kier molecular flexibility index (Phi) is 9.55. The first-order valence-electron chi connectivity index (χ1n) is 12.6. The number of nitrogens with one attached hydrogen (secondary N) is 2. The Morgan fingerprint density at radius 3 is 2.60 bits per heavy atom. The second kappa shape index (κ2) is 13.1. The molecule has 1 aromatic heterocycles. The molecule has 0 radical (unpaired) electrons. The topological polar surface area (TPSA) is 118 Å². The molecule has 0 atom stereocenters. The van der Waals surface area contributed by atoms with E-state index in [1.807, 2.05) is 0 Å². The van der Waals surface area contributed by atoms with Crippen molar-refractivity contribution >= 4 is 39.9 Å². The van der Waals surface area contributed by atoms with Crippen LogP contribution in [0.4, 0.5) is 29.3 Å². The molecule has 2 amide bonds. The lowest BCUT2D eigenvalue weighted by molar-refractivity contribution is -0.137. The molecule has 0 aliphatic carbocycles. The lowest BCUT2D eigenvalue weighted by Gasteiger charge is -2.19. The van der Waals surface area contributed by atoms with Crippen molar-refractivity contribution in [1.82, 2.24) is 14.5 Å². The van der Waals surface area contributed by atoms with E-state index >= 15 is 0 Å². The Balaban J connectivity index is 1.50. The number of alkyl halides is 3. The zero-order valence-corrected chi connectivity index (χ0v) is 23.3. The van der Waals surface area contributed by atoms with Crippen molar-refractivity contribution in [3.8, 4) is 17.2 Å². The molecule has 0 fully saturated rings. The number of anilines is 2. The first-order chi connectivity index (χ1) is 19.9. The lowest BCUT2D eigenvalue weighted by Crippen LogP contribution is -2.27. The van der Waals surface area contributed by atoms with Gasteiger partial charge in [-0.05, 0) is 43.4 Å². The number of amides is 2. The van der Waals surface area contributed by atoms with Gasteiger partial charge in [-0.2, -0.15) is 13.2 Å². The van der Waals surface area contributed by atoms with E-state index in [4.69, 9.17) is 26.2 Å². The highest BCUT2D eigenvalue weighted by atomic mass is 35.5. The number of hydrogen-bond acceptors (Lipinski definition) is 7. The van der Waals surface area contributed by atoms with Crippen LogP contribution in [0.3, 0.4) is 0 Å². The predicted molar refractivity (Wildman–Crippen MR) is 153 cm³/mol. The standard InChI is InChI=1S/C28H27ClF3N5O5/c1-36(8-10-38)9-11-41-25-15-22(29)21(28(30,31)32)14-24(25)35-27(40)34-17-4-3-5-18(12-17)42-19-6-7-23-20(13-19)26(39)37(2)16-33-23/h3-7,12-16,38H,8-11H2,1-2H3,(H2,34,35,40). The van der Waals surface area contributed by atoms with E-state index in [0.29, 0.717) is 41.6 Å². The fourth-order valence-corrected chi connectivity index (χ4v) is 4.16. The van der Waals surface area contributed by atoms with Gasteiger partial charge in [0.2, 0.25) is 0 Å². The Hall–Kier alpha value is -4.33. The SMILES string of the molecule is CN(CCO)CCOc1cc(Cl)c(C(F)(F)F)cc1NC(=O)Nc1cccc(Oc2ccc3ncn(C)c(=O)c3c2)c1. The highest BCUT2D eigenvalue weighted by Crippen LogP contribution is 2.40. The van der Waals surface area contributed by atoms with Crippen LogP contribution in [-0.2, 0) is 13.2 Å². The molecule has 10 nitrogen and oxygen atoms in total. The van der Waals surface area contributed by atoms with E-state index in [1.165, 1.54) is 17.0 Å². The minimum Gasteiger partial charge on any atom is -0.490 e. The third kappa shape index (κ3) is 7.69. The van der Waals surface area contributed by atoms with Crippen molar-refractivity contribution < 1.29 is 32.5 Å². The molecule has 0 saturated carbocycles. The number of nitrogens with zero attached hydrogens (tertiary/aromatic N) is 3. The summed E-state index contributed by atoms with van der Waals surface area (Å²) in [5.74, 6) is 0.630. The number of likely N-dealkylation sites (N-methyl/N-ethyl adjacent to an activating group) is 1. The van der Waals surface area contributed by atoms with Gasteiger partial charge in [-0.3, -0.25) is 4.79 Å². The maximum absolute atomic E-state index is 13.5. The second-order valence-electron chi connectivity index (χ2n) is 9.25. The Morgan fingerprint density at radius 1 is 1.10 bits per heavy atom. The molecule has 42 heavy (non-hydrogen) atoms. The quantitative estimate of drug-likeness (QED) is 0.223.